The van der Waals surface area contributed by atoms with Crippen LogP contribution in [0.4, 0.5) is 0 Å². The molecule has 0 spiro atoms. The second-order valence-corrected chi connectivity index (χ2v) is 3.02. The summed E-state index contributed by atoms with van der Waals surface area (Å²) >= 11 is 3.11. The standard InChI is InChI=1S/C6H5NS2/c1-3-5-7-6(8-2)4-9-5/h1,4H,2H3. The average Bonchev–Trinajstić information content (AvgIpc) is 2.34. The molecule has 3 heteroatoms. The molecule has 0 amide bonds. The summed E-state index contributed by atoms with van der Waals surface area (Å²) in [5.41, 5.74) is 0. The molecule has 0 bridgehead atoms. The molecule has 1 rings (SSSR count). The van der Waals surface area contributed by atoms with Gasteiger partial charge in [0.05, 0.1) is 0 Å². The molecular weight excluding hydrogens is 150 g/mol. The van der Waals surface area contributed by atoms with Gasteiger partial charge in [-0.1, -0.05) is 0 Å². The van der Waals surface area contributed by atoms with E-state index in [1.54, 1.807) is 11.8 Å². The predicted molar refractivity (Wildman–Crippen MR) is 41.8 cm³/mol. The van der Waals surface area contributed by atoms with Gasteiger partial charge in [-0.15, -0.1) is 29.5 Å². The molecule has 46 valence electrons. The molecule has 0 fully saturated rings. The number of rotatable bonds is 1. The van der Waals surface area contributed by atoms with Crippen LogP contribution in [0.15, 0.2) is 10.4 Å². The molecule has 1 aromatic heterocycles. The third-order valence-electron chi connectivity index (χ3n) is 0.816. The zero-order chi connectivity index (χ0) is 6.69. The molecule has 1 nitrogen and oxygen atoms in total. The molecular formula is C6H5NS2. The van der Waals surface area contributed by atoms with E-state index in [2.05, 4.69) is 10.9 Å². The molecule has 0 N–H and O–H groups in total. The van der Waals surface area contributed by atoms with E-state index in [1.165, 1.54) is 11.3 Å². The predicted octanol–water partition coefficient (Wildman–Crippen LogP) is 1.85. The number of nitrogens with zero attached hydrogens (tertiary/aromatic N) is 1. The minimum atomic E-state index is 0.763. The van der Waals surface area contributed by atoms with Crippen molar-refractivity contribution in [2.75, 3.05) is 6.26 Å². The highest BCUT2D eigenvalue weighted by Gasteiger charge is 1.94. The van der Waals surface area contributed by atoms with Crippen molar-refractivity contribution in [1.82, 2.24) is 4.98 Å². The van der Waals surface area contributed by atoms with Crippen molar-refractivity contribution in [2.45, 2.75) is 5.03 Å². The minimum absolute atomic E-state index is 0.763. The van der Waals surface area contributed by atoms with Gasteiger partial charge in [-0.25, -0.2) is 4.98 Å². The van der Waals surface area contributed by atoms with Crippen LogP contribution < -0.4 is 0 Å². The van der Waals surface area contributed by atoms with Gasteiger partial charge in [-0.2, -0.15) is 0 Å². The maximum atomic E-state index is 5.11. The molecule has 1 heterocycles. The molecule has 0 atom stereocenters. The lowest BCUT2D eigenvalue weighted by Crippen LogP contribution is -1.69. The maximum Gasteiger partial charge on any atom is 0.167 e. The normalized spacial score (nSPS) is 8.89. The SMILES string of the molecule is C#Cc1nc(SC)cs1. The summed E-state index contributed by atoms with van der Waals surface area (Å²) in [5, 5.41) is 3.73. The van der Waals surface area contributed by atoms with Crippen molar-refractivity contribution >= 4 is 23.1 Å². The molecule has 1 aromatic rings. The summed E-state index contributed by atoms with van der Waals surface area (Å²) in [6, 6.07) is 0. The summed E-state index contributed by atoms with van der Waals surface area (Å²) in [6.07, 6.45) is 7.09. The monoisotopic (exact) mass is 155 g/mol. The van der Waals surface area contributed by atoms with Gasteiger partial charge < -0.3 is 0 Å². The number of terminal acetylenes is 1. The molecule has 9 heavy (non-hydrogen) atoms. The van der Waals surface area contributed by atoms with Crippen LogP contribution in [0.2, 0.25) is 0 Å². The Hall–Kier alpha value is -0.460. The fourth-order valence-corrected chi connectivity index (χ4v) is 1.67. The zero-order valence-electron chi connectivity index (χ0n) is 4.92. The third-order valence-corrected chi connectivity index (χ3v) is 2.37. The van der Waals surface area contributed by atoms with Crippen LogP contribution >= 0.6 is 23.1 Å². The summed E-state index contributed by atoms with van der Waals surface area (Å²) in [4.78, 5) is 4.09. The Morgan fingerprint density at radius 1 is 1.89 bits per heavy atom. The lowest BCUT2D eigenvalue weighted by atomic mass is 10.7. The number of hydrogen-bond donors (Lipinski definition) is 0. The molecule has 0 aliphatic heterocycles. The Kier molecular flexibility index (Phi) is 2.15. The first-order chi connectivity index (χ1) is 4.36. The number of aromatic nitrogens is 1. The molecule has 0 aromatic carbocycles. The second-order valence-electron chi connectivity index (χ2n) is 1.34. The highest BCUT2D eigenvalue weighted by molar-refractivity contribution is 7.98. The van der Waals surface area contributed by atoms with E-state index >= 15 is 0 Å². The fourth-order valence-electron chi connectivity index (χ4n) is 0.419. The van der Waals surface area contributed by atoms with Gasteiger partial charge in [-0.3, -0.25) is 0 Å². The van der Waals surface area contributed by atoms with Crippen molar-refractivity contribution in [3.05, 3.63) is 10.4 Å². The lowest BCUT2D eigenvalue weighted by molar-refractivity contribution is 1.19. The van der Waals surface area contributed by atoms with Gasteiger partial charge in [-0.05, 0) is 12.2 Å². The van der Waals surface area contributed by atoms with Gasteiger partial charge in [0, 0.05) is 5.38 Å². The van der Waals surface area contributed by atoms with Crippen LogP contribution in [-0.2, 0) is 0 Å². The molecule has 0 unspecified atom stereocenters. The van der Waals surface area contributed by atoms with E-state index in [4.69, 9.17) is 6.42 Å². The highest BCUT2D eigenvalue weighted by Crippen LogP contribution is 2.16. The Labute approximate surface area is 62.5 Å². The van der Waals surface area contributed by atoms with Gasteiger partial charge in [0.1, 0.15) is 5.03 Å². The molecule has 0 saturated heterocycles. The van der Waals surface area contributed by atoms with Gasteiger partial charge in [0.25, 0.3) is 0 Å². The van der Waals surface area contributed by atoms with E-state index in [0.29, 0.717) is 0 Å². The van der Waals surface area contributed by atoms with Gasteiger partial charge in [0.2, 0.25) is 0 Å². The van der Waals surface area contributed by atoms with Crippen molar-refractivity contribution in [3.8, 4) is 12.3 Å². The Morgan fingerprint density at radius 2 is 2.67 bits per heavy atom. The van der Waals surface area contributed by atoms with E-state index in [-0.39, 0.29) is 0 Å². The number of thioether (sulfide) groups is 1. The van der Waals surface area contributed by atoms with Crippen LogP contribution in [0.25, 0.3) is 0 Å². The second kappa shape index (κ2) is 2.90. The lowest BCUT2D eigenvalue weighted by Gasteiger charge is -1.79. The highest BCUT2D eigenvalue weighted by atomic mass is 32.2. The summed E-state index contributed by atoms with van der Waals surface area (Å²) < 4.78 is 0. The van der Waals surface area contributed by atoms with Crippen LogP contribution in [-0.4, -0.2) is 11.2 Å². The largest absolute Gasteiger partial charge is 0.221 e. The van der Waals surface area contributed by atoms with E-state index < -0.39 is 0 Å². The first-order valence-electron chi connectivity index (χ1n) is 2.33. The summed E-state index contributed by atoms with van der Waals surface area (Å²) in [6.45, 7) is 0. The van der Waals surface area contributed by atoms with Crippen molar-refractivity contribution < 1.29 is 0 Å². The van der Waals surface area contributed by atoms with E-state index in [9.17, 15) is 0 Å². The van der Waals surface area contributed by atoms with Crippen molar-refractivity contribution in [2.24, 2.45) is 0 Å². The third kappa shape index (κ3) is 1.47. The van der Waals surface area contributed by atoms with Gasteiger partial charge >= 0.3 is 0 Å². The molecule has 0 aliphatic carbocycles. The zero-order valence-corrected chi connectivity index (χ0v) is 6.55. The Morgan fingerprint density at radius 3 is 3.00 bits per heavy atom. The van der Waals surface area contributed by atoms with E-state index in [0.717, 1.165) is 10.0 Å². The molecule has 0 saturated carbocycles. The van der Waals surface area contributed by atoms with Crippen LogP contribution in [0.1, 0.15) is 5.01 Å². The van der Waals surface area contributed by atoms with E-state index in [1.807, 2.05) is 11.6 Å². The minimum Gasteiger partial charge on any atom is -0.221 e. The fraction of sp³-hybridized carbons (Fsp3) is 0.167. The Balaban J connectivity index is 2.90. The van der Waals surface area contributed by atoms with Crippen LogP contribution in [0, 0.1) is 12.3 Å². The first-order valence-corrected chi connectivity index (χ1v) is 4.43. The molecule has 0 radical (unpaired) electrons. The average molecular weight is 155 g/mol. The molecule has 0 aliphatic rings. The number of thiazole rings is 1. The summed E-state index contributed by atoms with van der Waals surface area (Å²) in [7, 11) is 0. The smallest absolute Gasteiger partial charge is 0.167 e. The Bertz CT molecular complexity index is 233. The van der Waals surface area contributed by atoms with Crippen molar-refractivity contribution in [3.63, 3.8) is 0 Å². The van der Waals surface area contributed by atoms with Crippen LogP contribution in [0.5, 0.6) is 0 Å². The summed E-state index contributed by atoms with van der Waals surface area (Å²) in [5.74, 6) is 2.48. The van der Waals surface area contributed by atoms with Crippen LogP contribution in [0.3, 0.4) is 0 Å². The topological polar surface area (TPSA) is 12.9 Å². The first kappa shape index (κ1) is 6.66. The number of hydrogen-bond acceptors (Lipinski definition) is 3. The van der Waals surface area contributed by atoms with Gasteiger partial charge in [0.15, 0.2) is 5.01 Å². The van der Waals surface area contributed by atoms with Crippen molar-refractivity contribution in [1.29, 1.82) is 0 Å². The maximum absolute atomic E-state index is 5.11. The quantitative estimate of drug-likeness (QED) is 0.453.